The van der Waals surface area contributed by atoms with Gasteiger partial charge in [-0.15, -0.1) is 0 Å². The van der Waals surface area contributed by atoms with Gasteiger partial charge in [0.25, 0.3) is 0 Å². The Labute approximate surface area is 339 Å². The van der Waals surface area contributed by atoms with Crippen LogP contribution in [0.2, 0.25) is 0 Å². The lowest BCUT2D eigenvalue weighted by atomic mass is 9.84. The minimum Gasteiger partial charge on any atom is -0.484 e. The van der Waals surface area contributed by atoms with Gasteiger partial charge < -0.3 is 13.6 Å². The van der Waals surface area contributed by atoms with Crippen LogP contribution in [0.3, 0.4) is 0 Å². The number of hydrogen-bond acceptors (Lipinski definition) is 3. The molecule has 0 N–H and O–H groups in total. The first kappa shape index (κ1) is 32.5. The van der Waals surface area contributed by atoms with Crippen molar-refractivity contribution >= 4 is 76.2 Å². The number of hydrogen-bond donors (Lipinski definition) is 0. The fourth-order valence-corrected chi connectivity index (χ4v) is 10.1. The van der Waals surface area contributed by atoms with Gasteiger partial charge >= 0.3 is 0 Å². The number of furan rings is 2. The predicted octanol–water partition coefficient (Wildman–Crippen LogP) is 15.5. The Morgan fingerprint density at radius 3 is 1.75 bits per heavy atom. The van der Waals surface area contributed by atoms with Crippen LogP contribution >= 0.6 is 0 Å². The molecule has 3 nitrogen and oxygen atoms in total. The van der Waals surface area contributed by atoms with E-state index in [1.807, 2.05) is 0 Å². The van der Waals surface area contributed by atoms with Crippen LogP contribution in [-0.4, -0.2) is 0 Å². The van der Waals surface area contributed by atoms with Crippen molar-refractivity contribution < 1.29 is 13.6 Å². The molecule has 2 unspecified atom stereocenters. The molecule has 0 saturated carbocycles. The van der Waals surface area contributed by atoms with Gasteiger partial charge in [-0.2, -0.15) is 0 Å². The normalized spacial score (nSPS) is 15.3. The highest BCUT2D eigenvalue weighted by Crippen LogP contribution is 2.53. The van der Waals surface area contributed by atoms with Crippen LogP contribution in [0.25, 0.3) is 98.4 Å². The topological polar surface area (TPSA) is 35.5 Å². The van der Waals surface area contributed by atoms with Crippen molar-refractivity contribution in [2.45, 2.75) is 12.0 Å². The molecule has 276 valence electrons. The fourth-order valence-electron chi connectivity index (χ4n) is 10.1. The third-order valence-corrected chi connectivity index (χ3v) is 12.7. The van der Waals surface area contributed by atoms with Gasteiger partial charge in [-0.05, 0) is 96.7 Å². The summed E-state index contributed by atoms with van der Waals surface area (Å²) in [5.74, 6) is 0.931. The summed E-state index contributed by atoms with van der Waals surface area (Å²) < 4.78 is 20.5. The van der Waals surface area contributed by atoms with Crippen molar-refractivity contribution in [2.24, 2.45) is 0 Å². The highest BCUT2D eigenvalue weighted by atomic mass is 16.5. The molecule has 1 aliphatic heterocycles. The molecule has 12 aromatic rings. The fraction of sp³-hybridized carbons (Fsp3) is 0.0357. The van der Waals surface area contributed by atoms with E-state index in [0.29, 0.717) is 0 Å². The van der Waals surface area contributed by atoms with Crippen LogP contribution in [0.15, 0.2) is 203 Å². The van der Waals surface area contributed by atoms with Crippen molar-refractivity contribution in [3.05, 3.63) is 211 Å². The van der Waals surface area contributed by atoms with Gasteiger partial charge in [0.15, 0.2) is 0 Å². The standard InChI is InChI=1S/C56H34O3/c1-3-15-34(16-4-1)52-45-31-49-46(32-50(45)58-55(52)35-17-5-2-6-18-35)54-44(24-13-25-47(54)57-49)53-41-22-11-9-20-39(41)51(40-21-10-12-23-42(40)53)36-27-28-38-43-29-26-33-14-7-8-19-37(33)56(43)59-48(38)30-36/h1-32,52,55H. The monoisotopic (exact) mass is 754 g/mol. The van der Waals surface area contributed by atoms with E-state index in [2.05, 4.69) is 194 Å². The zero-order valence-corrected chi connectivity index (χ0v) is 31.9. The van der Waals surface area contributed by atoms with Crippen LogP contribution < -0.4 is 4.74 Å². The zero-order valence-electron chi connectivity index (χ0n) is 31.9. The highest BCUT2D eigenvalue weighted by Gasteiger charge is 2.38. The smallest absolute Gasteiger partial charge is 0.143 e. The quantitative estimate of drug-likeness (QED) is 0.168. The number of fused-ring (bicyclic) bond motifs is 11. The molecule has 0 amide bonds. The van der Waals surface area contributed by atoms with E-state index in [1.165, 1.54) is 43.6 Å². The molecule has 3 heterocycles. The Balaban J connectivity index is 1.03. The molecule has 0 bridgehead atoms. The van der Waals surface area contributed by atoms with Crippen LogP contribution in [0, 0.1) is 0 Å². The third-order valence-electron chi connectivity index (χ3n) is 12.7. The maximum Gasteiger partial charge on any atom is 0.143 e. The highest BCUT2D eigenvalue weighted by molar-refractivity contribution is 6.26. The Hall–Kier alpha value is -7.62. The third kappa shape index (κ3) is 4.76. The van der Waals surface area contributed by atoms with Crippen molar-refractivity contribution in [3.63, 3.8) is 0 Å². The van der Waals surface area contributed by atoms with Crippen molar-refractivity contribution in [1.82, 2.24) is 0 Å². The van der Waals surface area contributed by atoms with Gasteiger partial charge in [0.1, 0.15) is 34.2 Å². The van der Waals surface area contributed by atoms with Gasteiger partial charge in [-0.3, -0.25) is 0 Å². The molecular weight excluding hydrogens is 721 g/mol. The van der Waals surface area contributed by atoms with Crippen LogP contribution in [0.1, 0.15) is 28.7 Å². The van der Waals surface area contributed by atoms with E-state index in [9.17, 15) is 0 Å². The van der Waals surface area contributed by atoms with Crippen LogP contribution in [0.4, 0.5) is 0 Å². The molecule has 0 aliphatic carbocycles. The second kappa shape index (κ2) is 12.4. The zero-order chi connectivity index (χ0) is 38.6. The first-order valence-corrected chi connectivity index (χ1v) is 20.3. The van der Waals surface area contributed by atoms with E-state index in [0.717, 1.165) is 77.3 Å². The van der Waals surface area contributed by atoms with Crippen LogP contribution in [-0.2, 0) is 0 Å². The molecule has 10 aromatic carbocycles. The Morgan fingerprint density at radius 2 is 1.00 bits per heavy atom. The summed E-state index contributed by atoms with van der Waals surface area (Å²) in [5, 5.41) is 11.5. The molecule has 2 aromatic heterocycles. The first-order chi connectivity index (χ1) is 29.3. The minimum atomic E-state index is -0.149. The summed E-state index contributed by atoms with van der Waals surface area (Å²) in [4.78, 5) is 0. The molecule has 0 saturated heterocycles. The van der Waals surface area contributed by atoms with Crippen molar-refractivity contribution in [3.8, 4) is 28.0 Å². The van der Waals surface area contributed by atoms with E-state index in [-0.39, 0.29) is 12.0 Å². The molecule has 59 heavy (non-hydrogen) atoms. The SMILES string of the molecule is c1ccc(C2Oc3cc4c(cc3C2c2ccccc2)oc2cccc(-c3c5ccccc5c(-c5ccc6c(c5)oc5c7ccccc7ccc65)c5ccccc35)c24)cc1. The molecule has 1 aliphatic rings. The summed E-state index contributed by atoms with van der Waals surface area (Å²) in [5.41, 5.74) is 11.7. The Bertz CT molecular complexity index is 3590. The number of benzene rings is 10. The second-order valence-corrected chi connectivity index (χ2v) is 15.8. The van der Waals surface area contributed by atoms with E-state index < -0.39 is 0 Å². The van der Waals surface area contributed by atoms with Gasteiger partial charge in [0, 0.05) is 32.5 Å². The summed E-state index contributed by atoms with van der Waals surface area (Å²) in [6.45, 7) is 0. The van der Waals surface area contributed by atoms with Gasteiger partial charge in [-0.25, -0.2) is 0 Å². The molecule has 0 radical (unpaired) electrons. The summed E-state index contributed by atoms with van der Waals surface area (Å²) in [6, 6.07) is 69.4. The molecule has 0 spiro atoms. The summed E-state index contributed by atoms with van der Waals surface area (Å²) >= 11 is 0. The maximum atomic E-state index is 6.96. The molecule has 2 atom stereocenters. The lowest BCUT2D eigenvalue weighted by Gasteiger charge is -2.20. The lowest BCUT2D eigenvalue weighted by molar-refractivity contribution is 0.222. The van der Waals surface area contributed by atoms with Crippen molar-refractivity contribution in [1.29, 1.82) is 0 Å². The number of rotatable bonds is 4. The van der Waals surface area contributed by atoms with Gasteiger partial charge in [0.05, 0.1) is 5.92 Å². The summed E-state index contributed by atoms with van der Waals surface area (Å²) in [6.07, 6.45) is -0.149. The molecule has 0 fully saturated rings. The van der Waals surface area contributed by atoms with Crippen molar-refractivity contribution in [2.75, 3.05) is 0 Å². The average molecular weight is 755 g/mol. The molecule has 3 heteroatoms. The second-order valence-electron chi connectivity index (χ2n) is 15.8. The van der Waals surface area contributed by atoms with E-state index in [4.69, 9.17) is 13.6 Å². The van der Waals surface area contributed by atoms with E-state index in [1.54, 1.807) is 0 Å². The summed E-state index contributed by atoms with van der Waals surface area (Å²) in [7, 11) is 0. The Morgan fingerprint density at radius 1 is 0.373 bits per heavy atom. The van der Waals surface area contributed by atoms with Gasteiger partial charge in [0.2, 0.25) is 0 Å². The first-order valence-electron chi connectivity index (χ1n) is 20.3. The average Bonchev–Trinajstić information content (AvgIpc) is 3.99. The van der Waals surface area contributed by atoms with E-state index >= 15 is 0 Å². The Kier molecular flexibility index (Phi) is 6.84. The van der Waals surface area contributed by atoms with Gasteiger partial charge in [-0.1, -0.05) is 158 Å². The molecular formula is C56H34O3. The number of ether oxygens (including phenoxy) is 1. The lowest BCUT2D eigenvalue weighted by Crippen LogP contribution is -2.11. The minimum absolute atomic E-state index is 0.0317. The largest absolute Gasteiger partial charge is 0.484 e. The predicted molar refractivity (Wildman–Crippen MR) is 242 cm³/mol. The maximum absolute atomic E-state index is 6.96. The molecule has 13 rings (SSSR count). The van der Waals surface area contributed by atoms with Crippen LogP contribution in [0.5, 0.6) is 5.75 Å².